The van der Waals surface area contributed by atoms with Crippen molar-refractivity contribution in [3.05, 3.63) is 27.7 Å². The van der Waals surface area contributed by atoms with Gasteiger partial charge in [0.25, 0.3) is 0 Å². The van der Waals surface area contributed by atoms with Crippen LogP contribution in [0.1, 0.15) is 49.1 Å². The molecule has 18 heavy (non-hydrogen) atoms. The SMILES string of the molecule is O=C(O)Cc1cc(Br)c(C2CCCCC2)cc1O. The first-order chi connectivity index (χ1) is 8.58. The van der Waals surface area contributed by atoms with Crippen LogP contribution in [-0.4, -0.2) is 16.2 Å². The molecule has 0 bridgehead atoms. The zero-order valence-electron chi connectivity index (χ0n) is 10.2. The van der Waals surface area contributed by atoms with E-state index in [0.29, 0.717) is 11.5 Å². The normalized spacial score (nSPS) is 16.7. The van der Waals surface area contributed by atoms with E-state index in [4.69, 9.17) is 5.11 Å². The lowest BCUT2D eigenvalue weighted by atomic mass is 9.83. The van der Waals surface area contributed by atoms with Gasteiger partial charge in [0.2, 0.25) is 0 Å². The first kappa shape index (κ1) is 13.4. The second-order valence-electron chi connectivity index (χ2n) is 4.91. The molecule has 0 amide bonds. The van der Waals surface area contributed by atoms with Gasteiger partial charge in [-0.05, 0) is 36.5 Å². The number of rotatable bonds is 3. The van der Waals surface area contributed by atoms with Crippen molar-refractivity contribution in [1.82, 2.24) is 0 Å². The molecule has 1 aromatic carbocycles. The van der Waals surface area contributed by atoms with Gasteiger partial charge in [-0.1, -0.05) is 35.2 Å². The maximum atomic E-state index is 10.7. The van der Waals surface area contributed by atoms with Crippen LogP contribution in [0.2, 0.25) is 0 Å². The molecule has 0 unspecified atom stereocenters. The van der Waals surface area contributed by atoms with Gasteiger partial charge in [-0.2, -0.15) is 0 Å². The molecule has 1 aliphatic rings. The van der Waals surface area contributed by atoms with E-state index in [0.717, 1.165) is 22.9 Å². The summed E-state index contributed by atoms with van der Waals surface area (Å²) in [6, 6.07) is 3.48. The summed E-state index contributed by atoms with van der Waals surface area (Å²) in [5.74, 6) is -0.346. The Morgan fingerprint density at radius 2 is 1.94 bits per heavy atom. The molecule has 0 saturated heterocycles. The van der Waals surface area contributed by atoms with Crippen molar-refractivity contribution >= 4 is 21.9 Å². The Labute approximate surface area is 115 Å². The minimum Gasteiger partial charge on any atom is -0.508 e. The molecule has 0 aliphatic heterocycles. The summed E-state index contributed by atoms with van der Waals surface area (Å²) in [6.45, 7) is 0. The van der Waals surface area contributed by atoms with Gasteiger partial charge >= 0.3 is 5.97 Å². The first-order valence-corrected chi connectivity index (χ1v) is 7.10. The summed E-state index contributed by atoms with van der Waals surface area (Å²) >= 11 is 3.50. The number of hydrogen-bond acceptors (Lipinski definition) is 2. The van der Waals surface area contributed by atoms with Crippen molar-refractivity contribution in [1.29, 1.82) is 0 Å². The Morgan fingerprint density at radius 3 is 2.56 bits per heavy atom. The fourth-order valence-electron chi connectivity index (χ4n) is 2.65. The number of halogens is 1. The second-order valence-corrected chi connectivity index (χ2v) is 5.76. The van der Waals surface area contributed by atoms with E-state index >= 15 is 0 Å². The van der Waals surface area contributed by atoms with Crippen LogP contribution in [0.4, 0.5) is 0 Å². The standard InChI is InChI=1S/C14H17BrO3/c15-12-6-10(7-14(17)18)13(16)8-11(12)9-4-2-1-3-5-9/h6,8-9,16H,1-5,7H2,(H,17,18). The molecule has 0 radical (unpaired) electrons. The van der Waals surface area contributed by atoms with Crippen molar-refractivity contribution in [2.75, 3.05) is 0 Å². The maximum Gasteiger partial charge on any atom is 0.307 e. The average molecular weight is 313 g/mol. The summed E-state index contributed by atoms with van der Waals surface area (Å²) in [7, 11) is 0. The molecule has 0 spiro atoms. The highest BCUT2D eigenvalue weighted by Crippen LogP contribution is 2.39. The summed E-state index contributed by atoms with van der Waals surface area (Å²) in [4.78, 5) is 10.7. The van der Waals surface area contributed by atoms with Gasteiger partial charge in [0, 0.05) is 10.0 Å². The van der Waals surface area contributed by atoms with Gasteiger partial charge in [-0.3, -0.25) is 4.79 Å². The Balaban J connectivity index is 2.26. The van der Waals surface area contributed by atoms with Crippen LogP contribution in [-0.2, 0) is 11.2 Å². The molecule has 3 nitrogen and oxygen atoms in total. The Kier molecular flexibility index (Phi) is 4.27. The molecule has 0 heterocycles. The minimum absolute atomic E-state index is 0.0983. The third-order valence-corrected chi connectivity index (χ3v) is 4.27. The highest BCUT2D eigenvalue weighted by atomic mass is 79.9. The van der Waals surface area contributed by atoms with Crippen molar-refractivity contribution in [2.24, 2.45) is 0 Å². The Bertz CT molecular complexity index is 451. The molecule has 0 aromatic heterocycles. The summed E-state index contributed by atoms with van der Waals surface area (Å²) in [5.41, 5.74) is 1.58. The zero-order valence-corrected chi connectivity index (χ0v) is 11.7. The van der Waals surface area contributed by atoms with Crippen LogP contribution in [0.25, 0.3) is 0 Å². The number of benzene rings is 1. The van der Waals surface area contributed by atoms with Gasteiger partial charge in [0.05, 0.1) is 6.42 Å². The van der Waals surface area contributed by atoms with Crippen LogP contribution in [0.5, 0.6) is 5.75 Å². The predicted octanol–water partition coefficient (Wildman–Crippen LogP) is 3.83. The number of phenolic OH excluding ortho intramolecular Hbond substituents is 1. The van der Waals surface area contributed by atoms with Gasteiger partial charge < -0.3 is 10.2 Å². The molecular formula is C14H17BrO3. The summed E-state index contributed by atoms with van der Waals surface area (Å²) < 4.78 is 0.920. The summed E-state index contributed by atoms with van der Waals surface area (Å²) in [5, 5.41) is 18.7. The molecule has 2 rings (SSSR count). The van der Waals surface area contributed by atoms with Gasteiger partial charge in [-0.15, -0.1) is 0 Å². The first-order valence-electron chi connectivity index (χ1n) is 6.31. The van der Waals surface area contributed by atoms with E-state index in [-0.39, 0.29) is 12.2 Å². The van der Waals surface area contributed by atoms with E-state index in [1.807, 2.05) is 0 Å². The van der Waals surface area contributed by atoms with Crippen molar-refractivity contribution < 1.29 is 15.0 Å². The van der Waals surface area contributed by atoms with Crippen LogP contribution in [0.15, 0.2) is 16.6 Å². The monoisotopic (exact) mass is 312 g/mol. The maximum absolute atomic E-state index is 10.7. The summed E-state index contributed by atoms with van der Waals surface area (Å²) in [6.07, 6.45) is 5.91. The third-order valence-electron chi connectivity index (χ3n) is 3.58. The molecule has 98 valence electrons. The number of carboxylic acids is 1. The van der Waals surface area contributed by atoms with Crippen LogP contribution in [0, 0.1) is 0 Å². The number of hydrogen-bond donors (Lipinski definition) is 2. The molecule has 1 aliphatic carbocycles. The van der Waals surface area contributed by atoms with Crippen LogP contribution < -0.4 is 0 Å². The van der Waals surface area contributed by atoms with E-state index in [1.165, 1.54) is 19.3 Å². The highest BCUT2D eigenvalue weighted by Gasteiger charge is 2.20. The fourth-order valence-corrected chi connectivity index (χ4v) is 3.36. The number of carbonyl (C=O) groups is 1. The predicted molar refractivity (Wildman–Crippen MR) is 73.0 cm³/mol. The molecular weight excluding hydrogens is 296 g/mol. The molecule has 2 N–H and O–H groups in total. The van der Waals surface area contributed by atoms with E-state index in [2.05, 4.69) is 15.9 Å². The average Bonchev–Trinajstić information content (AvgIpc) is 2.34. The molecule has 0 atom stereocenters. The zero-order chi connectivity index (χ0) is 13.1. The quantitative estimate of drug-likeness (QED) is 0.891. The van der Waals surface area contributed by atoms with Gasteiger partial charge in [0.15, 0.2) is 0 Å². The third kappa shape index (κ3) is 3.05. The van der Waals surface area contributed by atoms with E-state index in [9.17, 15) is 9.90 Å². The molecule has 1 aromatic rings. The fraction of sp³-hybridized carbons (Fsp3) is 0.500. The number of carboxylic acid groups (broad SMARTS) is 1. The van der Waals surface area contributed by atoms with Crippen molar-refractivity contribution in [2.45, 2.75) is 44.4 Å². The number of aromatic hydroxyl groups is 1. The van der Waals surface area contributed by atoms with Crippen molar-refractivity contribution in [3.63, 3.8) is 0 Å². The topological polar surface area (TPSA) is 57.5 Å². The molecule has 4 heteroatoms. The Morgan fingerprint density at radius 1 is 1.28 bits per heavy atom. The second kappa shape index (κ2) is 5.74. The Hall–Kier alpha value is -1.03. The lowest BCUT2D eigenvalue weighted by Crippen LogP contribution is -2.06. The smallest absolute Gasteiger partial charge is 0.307 e. The van der Waals surface area contributed by atoms with Gasteiger partial charge in [-0.25, -0.2) is 0 Å². The van der Waals surface area contributed by atoms with Gasteiger partial charge in [0.1, 0.15) is 5.75 Å². The van der Waals surface area contributed by atoms with E-state index < -0.39 is 5.97 Å². The van der Waals surface area contributed by atoms with E-state index in [1.54, 1.807) is 12.1 Å². The van der Waals surface area contributed by atoms with Crippen molar-refractivity contribution in [3.8, 4) is 5.75 Å². The largest absolute Gasteiger partial charge is 0.508 e. The number of aliphatic carboxylic acids is 1. The highest BCUT2D eigenvalue weighted by molar-refractivity contribution is 9.10. The molecule has 1 saturated carbocycles. The minimum atomic E-state index is -0.928. The van der Waals surface area contributed by atoms with Crippen LogP contribution in [0.3, 0.4) is 0 Å². The van der Waals surface area contributed by atoms with Crippen LogP contribution >= 0.6 is 15.9 Å². The molecule has 1 fully saturated rings. The lowest BCUT2D eigenvalue weighted by Gasteiger charge is -2.23. The lowest BCUT2D eigenvalue weighted by molar-refractivity contribution is -0.136. The number of phenols is 1.